The second kappa shape index (κ2) is 17.9. The second-order valence-electron chi connectivity index (χ2n) is 20.8. The summed E-state index contributed by atoms with van der Waals surface area (Å²) in [7, 11) is 1.94. The number of allylic oxidation sites excluding steroid dienone is 1. The quantitative estimate of drug-likeness (QED) is 0.107. The molecule has 13 rings (SSSR count). The third-order valence-corrected chi connectivity index (χ3v) is 16.1. The minimum absolute atomic E-state index is 0.0984. The van der Waals surface area contributed by atoms with Crippen molar-refractivity contribution in [3.05, 3.63) is 275 Å². The Morgan fingerprint density at radius 1 is 0.566 bits per heavy atom. The molecular formula is C69H52ClN5O. The molecule has 0 radical (unpaired) electrons. The average Bonchev–Trinajstić information content (AvgIpc) is 3.74. The Labute approximate surface area is 448 Å². The molecule has 0 saturated carbocycles. The summed E-state index contributed by atoms with van der Waals surface area (Å²) in [5.41, 5.74) is 13.8. The topological polar surface area (TPSA) is 60.6 Å². The predicted molar refractivity (Wildman–Crippen MR) is 318 cm³/mol. The van der Waals surface area contributed by atoms with Crippen LogP contribution in [0, 0.1) is 0 Å². The summed E-state index contributed by atoms with van der Waals surface area (Å²) in [5.74, 6) is 0.438. The first-order chi connectivity index (χ1) is 36.9. The molecule has 1 amide bonds. The minimum atomic E-state index is -0.963. The van der Waals surface area contributed by atoms with E-state index in [0.29, 0.717) is 22.1 Å². The molecule has 0 N–H and O–H groups in total. The Hall–Kier alpha value is -8.97. The van der Waals surface area contributed by atoms with Crippen molar-refractivity contribution in [3.8, 4) is 22.3 Å². The van der Waals surface area contributed by atoms with E-state index in [-0.39, 0.29) is 11.3 Å². The number of carbonyl (C=O) groups is 1. The number of benzene rings is 10. The number of hydrogen-bond acceptors (Lipinski definition) is 5. The van der Waals surface area contributed by atoms with E-state index in [1.807, 2.05) is 126 Å². The minimum Gasteiger partial charge on any atom is -0.330 e. The Kier molecular flexibility index (Phi) is 11.0. The van der Waals surface area contributed by atoms with Crippen molar-refractivity contribution in [1.29, 1.82) is 0 Å². The van der Waals surface area contributed by atoms with Gasteiger partial charge >= 0.3 is 0 Å². The fraction of sp³-hybridized carbons (Fsp3) is 0.101. The molecule has 0 spiro atoms. The van der Waals surface area contributed by atoms with Gasteiger partial charge in [0.15, 0.2) is 6.17 Å². The third kappa shape index (κ3) is 7.38. The number of fused-ring (bicyclic) bond motifs is 11. The maximum absolute atomic E-state index is 14.8. The maximum Gasteiger partial charge on any atom is 0.260 e. The van der Waals surface area contributed by atoms with Gasteiger partial charge in [-0.05, 0) is 139 Å². The lowest BCUT2D eigenvalue weighted by Gasteiger charge is -2.47. The van der Waals surface area contributed by atoms with Crippen molar-refractivity contribution in [1.82, 2.24) is 0 Å². The normalized spacial score (nSPS) is 17.4. The first-order valence-corrected chi connectivity index (χ1v) is 26.1. The zero-order valence-electron chi connectivity index (χ0n) is 42.7. The molecular weight excluding hydrogens is 950 g/mol. The van der Waals surface area contributed by atoms with Crippen molar-refractivity contribution in [2.24, 2.45) is 15.0 Å². The van der Waals surface area contributed by atoms with Gasteiger partial charge in [0.2, 0.25) is 0 Å². The van der Waals surface area contributed by atoms with Gasteiger partial charge in [-0.1, -0.05) is 190 Å². The molecule has 10 aromatic carbocycles. The monoisotopic (exact) mass is 1000 g/mol. The highest BCUT2D eigenvalue weighted by Gasteiger charge is 2.51. The molecule has 0 fully saturated rings. The number of anilines is 2. The lowest BCUT2D eigenvalue weighted by Crippen LogP contribution is -2.57. The first kappa shape index (κ1) is 46.8. The molecule has 2 unspecified atom stereocenters. The molecule has 366 valence electrons. The molecule has 7 heteroatoms. The number of rotatable bonds is 9. The van der Waals surface area contributed by atoms with E-state index in [0.717, 1.165) is 77.7 Å². The summed E-state index contributed by atoms with van der Waals surface area (Å²) in [6.07, 6.45) is -0.670. The number of nitrogens with zero attached hydrogens (tertiary/aromatic N) is 5. The zero-order valence-corrected chi connectivity index (χ0v) is 43.5. The van der Waals surface area contributed by atoms with Crippen LogP contribution in [0.1, 0.15) is 64.5 Å². The molecule has 6 nitrogen and oxygen atoms in total. The maximum atomic E-state index is 14.8. The van der Waals surface area contributed by atoms with E-state index < -0.39 is 11.7 Å². The van der Waals surface area contributed by atoms with E-state index in [2.05, 4.69) is 137 Å². The van der Waals surface area contributed by atoms with Gasteiger partial charge in [0.05, 0.1) is 22.2 Å². The van der Waals surface area contributed by atoms with Crippen LogP contribution in [-0.2, 0) is 11.0 Å². The standard InChI is InChI=1S/C69H52ClN5O/c1-42(70)63(71-43(2)74(6)50-26-12-8-13-27-50)49-25-20-24-46(37-49)47-33-34-48-39-59(57-41-61-58(40-56(57)55(48)38-47)53-36-35-44-21-16-17-30-52(44)62(53)68(61,3)4)65-64(45-22-10-7-11-23-45)72-67-69(5,73-65)60-32-19-18-31-54(60)66(76)75(67)51-28-14-9-15-29-51/h7-41,67H,1-2H2,3-6H3/b71-63+. The van der Waals surface area contributed by atoms with Gasteiger partial charge < -0.3 is 4.90 Å². The highest BCUT2D eigenvalue weighted by Crippen LogP contribution is 2.54. The number of aliphatic imine (C=N–C) groups is 3. The van der Waals surface area contributed by atoms with Crippen LogP contribution in [0.3, 0.4) is 0 Å². The van der Waals surface area contributed by atoms with Gasteiger partial charge in [0, 0.05) is 46.1 Å². The molecule has 0 saturated heterocycles. The number of amides is 1. The van der Waals surface area contributed by atoms with Gasteiger partial charge in [-0.15, -0.1) is 0 Å². The largest absolute Gasteiger partial charge is 0.330 e. The van der Waals surface area contributed by atoms with Gasteiger partial charge in [-0.25, -0.2) is 4.99 Å². The van der Waals surface area contributed by atoms with Crippen LogP contribution < -0.4 is 9.80 Å². The Bertz CT molecular complexity index is 4200. The lowest BCUT2D eigenvalue weighted by atomic mass is 9.78. The van der Waals surface area contributed by atoms with Gasteiger partial charge in [-0.3, -0.25) is 19.7 Å². The smallest absolute Gasteiger partial charge is 0.260 e. The van der Waals surface area contributed by atoms with Crippen molar-refractivity contribution in [3.63, 3.8) is 0 Å². The third-order valence-electron chi connectivity index (χ3n) is 15.9. The van der Waals surface area contributed by atoms with E-state index in [1.165, 1.54) is 33.0 Å². The fourth-order valence-electron chi connectivity index (χ4n) is 12.1. The van der Waals surface area contributed by atoms with Gasteiger partial charge in [-0.2, -0.15) is 0 Å². The fourth-order valence-corrected chi connectivity index (χ4v) is 12.3. The van der Waals surface area contributed by atoms with Crippen LogP contribution in [-0.4, -0.2) is 36.3 Å². The SMILES string of the molecule is C=C(Cl)/C(=N\C(=C)N(C)c1ccccc1)c1cccc(-c2ccc3cc(C4=NC5(C)c6ccccc6C(=O)N(c6ccccc6)C5N=C4c4ccccc4)c4cc5c(cc4c3c2)-c2ccc3ccccc3c2C5(C)C)c1. The highest BCUT2D eigenvalue weighted by molar-refractivity contribution is 6.56. The molecule has 10 aromatic rings. The molecule has 76 heavy (non-hydrogen) atoms. The first-order valence-electron chi connectivity index (χ1n) is 25.7. The average molecular weight is 1000 g/mol. The van der Waals surface area contributed by atoms with E-state index in [1.54, 1.807) is 0 Å². The van der Waals surface area contributed by atoms with Crippen LogP contribution >= 0.6 is 11.6 Å². The summed E-state index contributed by atoms with van der Waals surface area (Å²) in [4.78, 5) is 35.3. The molecule has 3 aliphatic rings. The summed E-state index contributed by atoms with van der Waals surface area (Å²) in [5, 5.41) is 7.14. The number of hydrogen-bond donors (Lipinski definition) is 0. The molecule has 2 aliphatic heterocycles. The molecule has 2 atom stereocenters. The van der Waals surface area contributed by atoms with Crippen LogP contribution in [0.5, 0.6) is 0 Å². The molecule has 0 bridgehead atoms. The van der Waals surface area contributed by atoms with E-state index >= 15 is 0 Å². The Morgan fingerprint density at radius 3 is 2.01 bits per heavy atom. The van der Waals surface area contributed by atoms with Gasteiger partial charge in [0.1, 0.15) is 11.4 Å². The van der Waals surface area contributed by atoms with Crippen LogP contribution in [0.25, 0.3) is 54.6 Å². The van der Waals surface area contributed by atoms with Crippen molar-refractivity contribution in [2.75, 3.05) is 16.8 Å². The van der Waals surface area contributed by atoms with E-state index in [9.17, 15) is 4.79 Å². The lowest BCUT2D eigenvalue weighted by molar-refractivity contribution is 0.0945. The zero-order chi connectivity index (χ0) is 52.0. The number of para-hydroxylation sites is 2. The van der Waals surface area contributed by atoms with Crippen molar-refractivity contribution >= 4 is 78.3 Å². The number of halogens is 1. The Balaban J connectivity index is 1.05. The Morgan fingerprint density at radius 2 is 1.24 bits per heavy atom. The van der Waals surface area contributed by atoms with Crippen molar-refractivity contribution < 1.29 is 4.79 Å². The van der Waals surface area contributed by atoms with Gasteiger partial charge in [0.25, 0.3) is 5.91 Å². The molecule has 1 aliphatic carbocycles. The summed E-state index contributed by atoms with van der Waals surface area (Å²) in [6.45, 7) is 15.3. The van der Waals surface area contributed by atoms with Crippen LogP contribution in [0.15, 0.2) is 251 Å². The predicted octanol–water partition coefficient (Wildman–Crippen LogP) is 16.5. The van der Waals surface area contributed by atoms with Crippen LogP contribution in [0.2, 0.25) is 0 Å². The van der Waals surface area contributed by atoms with Crippen LogP contribution in [0.4, 0.5) is 11.4 Å². The second-order valence-corrected chi connectivity index (χ2v) is 21.2. The summed E-state index contributed by atoms with van der Waals surface area (Å²) in [6, 6.07) is 73.6. The molecule has 0 aromatic heterocycles. The summed E-state index contributed by atoms with van der Waals surface area (Å²) >= 11 is 6.77. The van der Waals surface area contributed by atoms with E-state index in [4.69, 9.17) is 26.6 Å². The van der Waals surface area contributed by atoms with Crippen molar-refractivity contribution in [2.45, 2.75) is 37.9 Å². The summed E-state index contributed by atoms with van der Waals surface area (Å²) < 4.78 is 0. The highest BCUT2D eigenvalue weighted by atomic mass is 35.5. The molecule has 2 heterocycles. The number of carbonyl (C=O) groups excluding carboxylic acids is 1.